The van der Waals surface area contributed by atoms with Crippen molar-refractivity contribution >= 4 is 5.69 Å². The molecule has 1 aliphatic rings. The second-order valence-corrected chi connectivity index (χ2v) is 4.79. The summed E-state index contributed by atoms with van der Waals surface area (Å²) in [6, 6.07) is 8.11. The summed E-state index contributed by atoms with van der Waals surface area (Å²) in [7, 11) is 0. The Bertz CT molecular complexity index is 335. The number of aliphatic hydroxyl groups is 2. The van der Waals surface area contributed by atoms with Gasteiger partial charge in [0.1, 0.15) is 0 Å². The number of hydrogen-bond donors (Lipinski definition) is 2. The highest BCUT2D eigenvalue weighted by Gasteiger charge is 2.19. The molecule has 0 radical (unpaired) electrons. The Balaban J connectivity index is 2.00. The molecule has 17 heavy (non-hydrogen) atoms. The Labute approximate surface area is 103 Å². The third kappa shape index (κ3) is 3.20. The zero-order valence-corrected chi connectivity index (χ0v) is 10.2. The van der Waals surface area contributed by atoms with E-state index in [0.29, 0.717) is 12.5 Å². The van der Waals surface area contributed by atoms with Crippen molar-refractivity contribution in [3.05, 3.63) is 29.8 Å². The maximum atomic E-state index is 9.01. The van der Waals surface area contributed by atoms with Gasteiger partial charge in [-0.2, -0.15) is 0 Å². The molecule has 1 unspecified atom stereocenters. The van der Waals surface area contributed by atoms with E-state index >= 15 is 0 Å². The lowest BCUT2D eigenvalue weighted by atomic mass is 9.95. The molecule has 0 aliphatic carbocycles. The molecule has 1 aromatic rings. The quantitative estimate of drug-likeness (QED) is 0.836. The van der Waals surface area contributed by atoms with Crippen LogP contribution < -0.4 is 4.90 Å². The van der Waals surface area contributed by atoms with Crippen LogP contribution in [0, 0.1) is 5.92 Å². The smallest absolute Gasteiger partial charge is 0.0681 e. The molecule has 1 heterocycles. The van der Waals surface area contributed by atoms with Crippen molar-refractivity contribution in [1.82, 2.24) is 0 Å². The van der Waals surface area contributed by atoms with Crippen LogP contribution >= 0.6 is 0 Å². The highest BCUT2D eigenvalue weighted by atomic mass is 16.3. The minimum Gasteiger partial charge on any atom is -0.396 e. The summed E-state index contributed by atoms with van der Waals surface area (Å²) in [6.45, 7) is 2.54. The fourth-order valence-electron chi connectivity index (χ4n) is 2.53. The van der Waals surface area contributed by atoms with Crippen LogP contribution in [-0.4, -0.2) is 29.9 Å². The fraction of sp³-hybridized carbons (Fsp3) is 0.571. The summed E-state index contributed by atoms with van der Waals surface area (Å²) in [5, 5.41) is 18.0. The zero-order chi connectivity index (χ0) is 12.1. The van der Waals surface area contributed by atoms with E-state index in [0.717, 1.165) is 25.1 Å². The topological polar surface area (TPSA) is 43.7 Å². The number of rotatable bonds is 4. The van der Waals surface area contributed by atoms with Gasteiger partial charge >= 0.3 is 0 Å². The lowest BCUT2D eigenvalue weighted by molar-refractivity contribution is 0.244. The third-order valence-electron chi connectivity index (χ3n) is 3.54. The molecule has 1 aliphatic heterocycles. The number of nitrogens with zero attached hydrogens (tertiary/aromatic N) is 1. The molecule has 0 bridgehead atoms. The van der Waals surface area contributed by atoms with Gasteiger partial charge < -0.3 is 15.1 Å². The Kier molecular flexibility index (Phi) is 4.40. The van der Waals surface area contributed by atoms with Gasteiger partial charge in [0.25, 0.3) is 0 Å². The van der Waals surface area contributed by atoms with Gasteiger partial charge in [-0.1, -0.05) is 12.1 Å². The summed E-state index contributed by atoms with van der Waals surface area (Å²) in [6.07, 6.45) is 3.34. The molecule has 94 valence electrons. The molecule has 1 fully saturated rings. The van der Waals surface area contributed by atoms with Crippen molar-refractivity contribution in [2.24, 2.45) is 5.92 Å². The Morgan fingerprint density at radius 1 is 1.18 bits per heavy atom. The van der Waals surface area contributed by atoms with Crippen molar-refractivity contribution in [2.45, 2.75) is 25.9 Å². The van der Waals surface area contributed by atoms with Crippen molar-refractivity contribution in [2.75, 3.05) is 24.6 Å². The predicted octanol–water partition coefficient (Wildman–Crippen LogP) is 1.78. The molecule has 1 atom stereocenters. The van der Waals surface area contributed by atoms with Gasteiger partial charge in [0.15, 0.2) is 0 Å². The van der Waals surface area contributed by atoms with Gasteiger partial charge in [0.2, 0.25) is 0 Å². The van der Waals surface area contributed by atoms with Crippen LogP contribution in [-0.2, 0) is 6.61 Å². The fourth-order valence-corrected chi connectivity index (χ4v) is 2.53. The van der Waals surface area contributed by atoms with E-state index in [-0.39, 0.29) is 6.61 Å². The molecule has 3 nitrogen and oxygen atoms in total. The zero-order valence-electron chi connectivity index (χ0n) is 10.2. The van der Waals surface area contributed by atoms with Gasteiger partial charge in [-0.25, -0.2) is 0 Å². The highest BCUT2D eigenvalue weighted by Crippen LogP contribution is 2.25. The van der Waals surface area contributed by atoms with Gasteiger partial charge in [-0.15, -0.1) is 0 Å². The molecule has 2 rings (SSSR count). The normalized spacial score (nSPS) is 20.6. The molecule has 1 aromatic carbocycles. The Morgan fingerprint density at radius 2 is 1.94 bits per heavy atom. The van der Waals surface area contributed by atoms with E-state index < -0.39 is 0 Å². The first kappa shape index (κ1) is 12.4. The van der Waals surface area contributed by atoms with E-state index in [4.69, 9.17) is 10.2 Å². The second kappa shape index (κ2) is 6.03. The van der Waals surface area contributed by atoms with Crippen LogP contribution in [0.5, 0.6) is 0 Å². The lowest BCUT2D eigenvalue weighted by Crippen LogP contribution is -2.35. The van der Waals surface area contributed by atoms with Gasteiger partial charge in [-0.3, -0.25) is 0 Å². The Hall–Kier alpha value is -1.06. The van der Waals surface area contributed by atoms with Crippen LogP contribution in [0.25, 0.3) is 0 Å². The maximum Gasteiger partial charge on any atom is 0.0681 e. The summed E-state index contributed by atoms with van der Waals surface area (Å²) < 4.78 is 0. The minimum atomic E-state index is 0.105. The van der Waals surface area contributed by atoms with Crippen molar-refractivity contribution in [3.63, 3.8) is 0 Å². The summed E-state index contributed by atoms with van der Waals surface area (Å²) in [4.78, 5) is 2.38. The van der Waals surface area contributed by atoms with E-state index in [1.54, 1.807) is 0 Å². The number of hydrogen-bond acceptors (Lipinski definition) is 3. The standard InChI is InChI=1S/C14H21NO2/c16-9-7-12-2-1-8-15(10-12)14-5-3-13(11-17)4-6-14/h3-6,12,16-17H,1-2,7-11H2. The van der Waals surface area contributed by atoms with E-state index in [1.807, 2.05) is 12.1 Å². The maximum absolute atomic E-state index is 9.01. The van der Waals surface area contributed by atoms with Gasteiger partial charge in [0, 0.05) is 25.4 Å². The molecule has 0 aromatic heterocycles. The van der Waals surface area contributed by atoms with Crippen LogP contribution in [0.1, 0.15) is 24.8 Å². The average Bonchev–Trinajstić information content (AvgIpc) is 2.40. The second-order valence-electron chi connectivity index (χ2n) is 4.79. The van der Waals surface area contributed by atoms with Crippen LogP contribution in [0.3, 0.4) is 0 Å². The summed E-state index contributed by atoms with van der Waals surface area (Å²) in [5.74, 6) is 0.617. The lowest BCUT2D eigenvalue weighted by Gasteiger charge is -2.34. The third-order valence-corrected chi connectivity index (χ3v) is 3.54. The highest BCUT2D eigenvalue weighted by molar-refractivity contribution is 5.47. The van der Waals surface area contributed by atoms with Crippen LogP contribution in [0.4, 0.5) is 5.69 Å². The van der Waals surface area contributed by atoms with E-state index in [9.17, 15) is 0 Å². The van der Waals surface area contributed by atoms with Crippen LogP contribution in [0.2, 0.25) is 0 Å². The minimum absolute atomic E-state index is 0.105. The Morgan fingerprint density at radius 3 is 2.59 bits per heavy atom. The first-order valence-electron chi connectivity index (χ1n) is 6.39. The average molecular weight is 235 g/mol. The number of benzene rings is 1. The largest absolute Gasteiger partial charge is 0.396 e. The first-order chi connectivity index (χ1) is 8.33. The van der Waals surface area contributed by atoms with Gasteiger partial charge in [-0.05, 0) is 42.9 Å². The molecular weight excluding hydrogens is 214 g/mol. The van der Waals surface area contributed by atoms with Crippen molar-refractivity contribution in [3.8, 4) is 0 Å². The van der Waals surface area contributed by atoms with E-state index in [1.165, 1.54) is 18.5 Å². The monoisotopic (exact) mass is 235 g/mol. The van der Waals surface area contributed by atoms with Crippen LogP contribution in [0.15, 0.2) is 24.3 Å². The van der Waals surface area contributed by atoms with Gasteiger partial charge in [0.05, 0.1) is 6.61 Å². The molecule has 0 amide bonds. The number of piperidine rings is 1. The molecule has 0 spiro atoms. The molecule has 3 heteroatoms. The summed E-state index contributed by atoms with van der Waals surface area (Å²) in [5.41, 5.74) is 2.18. The van der Waals surface area contributed by atoms with Crippen molar-refractivity contribution in [1.29, 1.82) is 0 Å². The molecule has 0 saturated carbocycles. The van der Waals surface area contributed by atoms with Crippen molar-refractivity contribution < 1.29 is 10.2 Å². The molecular formula is C14H21NO2. The SMILES string of the molecule is OCCC1CCCN(c2ccc(CO)cc2)C1. The molecule has 1 saturated heterocycles. The predicted molar refractivity (Wildman–Crippen MR) is 69.0 cm³/mol. The number of aliphatic hydroxyl groups excluding tert-OH is 2. The molecule has 2 N–H and O–H groups in total. The number of anilines is 1. The summed E-state index contributed by atoms with van der Waals surface area (Å²) >= 11 is 0. The van der Waals surface area contributed by atoms with E-state index in [2.05, 4.69) is 17.0 Å². The first-order valence-corrected chi connectivity index (χ1v) is 6.39.